The third-order valence-corrected chi connectivity index (χ3v) is 2.29. The van der Waals surface area contributed by atoms with Gasteiger partial charge >= 0.3 is 0 Å². The second kappa shape index (κ2) is 5.56. The molecule has 0 bridgehead atoms. The molecule has 84 valence electrons. The van der Waals surface area contributed by atoms with Crippen LogP contribution in [0.4, 0.5) is 0 Å². The molecule has 0 radical (unpaired) electrons. The molecule has 0 saturated heterocycles. The first-order valence-electron chi connectivity index (χ1n) is 5.20. The van der Waals surface area contributed by atoms with E-state index in [-0.39, 0.29) is 11.9 Å². The lowest BCUT2D eigenvalue weighted by molar-refractivity contribution is -0.122. The topological polar surface area (TPSA) is 54.3 Å². The van der Waals surface area contributed by atoms with Gasteiger partial charge in [0.2, 0.25) is 5.91 Å². The quantitative estimate of drug-likeness (QED) is 0.764. The molecular formula is C11H18N2O2. The van der Waals surface area contributed by atoms with Crippen LogP contribution in [0.5, 0.6) is 0 Å². The lowest BCUT2D eigenvalue weighted by Gasteiger charge is -2.10. The van der Waals surface area contributed by atoms with Crippen LogP contribution >= 0.6 is 0 Å². The molecule has 0 saturated carbocycles. The van der Waals surface area contributed by atoms with Crippen LogP contribution in [0.15, 0.2) is 16.5 Å². The first-order chi connectivity index (χ1) is 7.17. The molecule has 2 N–H and O–H groups in total. The van der Waals surface area contributed by atoms with Gasteiger partial charge in [0.05, 0.1) is 12.6 Å². The highest BCUT2D eigenvalue weighted by Crippen LogP contribution is 2.07. The minimum absolute atomic E-state index is 0.0164. The van der Waals surface area contributed by atoms with E-state index < -0.39 is 0 Å². The average molecular weight is 210 g/mol. The van der Waals surface area contributed by atoms with Crippen molar-refractivity contribution >= 4 is 5.91 Å². The maximum atomic E-state index is 11.2. The molecule has 1 aromatic rings. The number of likely N-dealkylation sites (N-methyl/N-ethyl adjacent to an activating group) is 1. The van der Waals surface area contributed by atoms with Crippen molar-refractivity contribution in [2.75, 3.05) is 7.05 Å². The van der Waals surface area contributed by atoms with Gasteiger partial charge in [-0.15, -0.1) is 0 Å². The first-order valence-corrected chi connectivity index (χ1v) is 5.20. The van der Waals surface area contributed by atoms with E-state index in [9.17, 15) is 4.79 Å². The highest BCUT2D eigenvalue weighted by molar-refractivity contribution is 5.80. The fourth-order valence-corrected chi connectivity index (χ4v) is 1.27. The number of amides is 1. The number of carbonyl (C=O) groups is 1. The van der Waals surface area contributed by atoms with Crippen molar-refractivity contribution in [3.8, 4) is 0 Å². The predicted octanol–water partition coefficient (Wildman–Crippen LogP) is 1.07. The van der Waals surface area contributed by atoms with Crippen molar-refractivity contribution in [1.82, 2.24) is 10.6 Å². The first kappa shape index (κ1) is 11.8. The molecule has 0 fully saturated rings. The number of rotatable bonds is 5. The normalized spacial score (nSPS) is 12.5. The number of hydrogen-bond acceptors (Lipinski definition) is 3. The summed E-state index contributed by atoms with van der Waals surface area (Å²) in [6, 6.07) is 3.69. The summed E-state index contributed by atoms with van der Waals surface area (Å²) in [6.45, 7) is 4.44. The molecule has 1 atom stereocenters. The molecule has 0 aliphatic rings. The average Bonchev–Trinajstić information content (AvgIpc) is 2.72. The number of aryl methyl sites for hydroxylation is 1. The second-order valence-electron chi connectivity index (χ2n) is 3.44. The smallest absolute Gasteiger partial charge is 0.236 e. The van der Waals surface area contributed by atoms with Crippen LogP contribution < -0.4 is 10.6 Å². The van der Waals surface area contributed by atoms with Crippen molar-refractivity contribution in [2.45, 2.75) is 32.9 Å². The van der Waals surface area contributed by atoms with Crippen molar-refractivity contribution in [2.24, 2.45) is 0 Å². The third kappa shape index (κ3) is 3.40. The van der Waals surface area contributed by atoms with Crippen LogP contribution in [0.2, 0.25) is 0 Å². The van der Waals surface area contributed by atoms with E-state index in [1.54, 1.807) is 7.05 Å². The molecule has 0 spiro atoms. The number of hydrogen-bond donors (Lipinski definition) is 2. The van der Waals surface area contributed by atoms with Crippen LogP contribution in [0, 0.1) is 0 Å². The second-order valence-corrected chi connectivity index (χ2v) is 3.44. The molecule has 1 heterocycles. The number of carbonyl (C=O) groups excluding carboxylic acids is 1. The van der Waals surface area contributed by atoms with E-state index in [2.05, 4.69) is 10.6 Å². The zero-order chi connectivity index (χ0) is 11.3. The lowest BCUT2D eigenvalue weighted by Crippen LogP contribution is -2.40. The van der Waals surface area contributed by atoms with Crippen molar-refractivity contribution in [3.63, 3.8) is 0 Å². The van der Waals surface area contributed by atoms with Crippen LogP contribution in [0.3, 0.4) is 0 Å². The standard InChI is InChI=1S/C11H18N2O2/c1-4-9-5-6-10(15-9)7-13-8(2)11(14)12-3/h5-6,8,13H,4,7H2,1-3H3,(H,12,14)/t8-/m1/s1. The summed E-state index contributed by atoms with van der Waals surface area (Å²) in [5, 5.41) is 5.67. The Balaban J connectivity index is 2.39. The Morgan fingerprint density at radius 3 is 2.67 bits per heavy atom. The van der Waals surface area contributed by atoms with E-state index in [4.69, 9.17) is 4.42 Å². The van der Waals surface area contributed by atoms with Gasteiger partial charge < -0.3 is 9.73 Å². The largest absolute Gasteiger partial charge is 0.465 e. The Kier molecular flexibility index (Phi) is 4.37. The van der Waals surface area contributed by atoms with Crippen molar-refractivity contribution in [3.05, 3.63) is 23.7 Å². The molecule has 0 unspecified atom stereocenters. The molecule has 1 rings (SSSR count). The SMILES string of the molecule is CCc1ccc(CN[C@H](C)C(=O)NC)o1. The van der Waals surface area contributed by atoms with Gasteiger partial charge in [0.15, 0.2) is 0 Å². The lowest BCUT2D eigenvalue weighted by atomic mass is 10.3. The van der Waals surface area contributed by atoms with Gasteiger partial charge in [0.25, 0.3) is 0 Å². The van der Waals surface area contributed by atoms with E-state index in [0.29, 0.717) is 6.54 Å². The highest BCUT2D eigenvalue weighted by atomic mass is 16.3. The summed E-state index contributed by atoms with van der Waals surface area (Å²) in [6.07, 6.45) is 0.894. The molecule has 1 amide bonds. The van der Waals surface area contributed by atoms with Gasteiger partial charge in [-0.2, -0.15) is 0 Å². The Bertz CT molecular complexity index is 320. The highest BCUT2D eigenvalue weighted by Gasteiger charge is 2.10. The van der Waals surface area contributed by atoms with E-state index in [1.807, 2.05) is 26.0 Å². The number of nitrogens with one attached hydrogen (secondary N) is 2. The van der Waals surface area contributed by atoms with E-state index in [0.717, 1.165) is 17.9 Å². The molecule has 4 nitrogen and oxygen atoms in total. The van der Waals surface area contributed by atoms with E-state index in [1.165, 1.54) is 0 Å². The fourth-order valence-electron chi connectivity index (χ4n) is 1.27. The molecular weight excluding hydrogens is 192 g/mol. The monoisotopic (exact) mass is 210 g/mol. The molecule has 4 heteroatoms. The van der Waals surface area contributed by atoms with Gasteiger partial charge in [-0.1, -0.05) is 6.92 Å². The third-order valence-electron chi connectivity index (χ3n) is 2.29. The van der Waals surface area contributed by atoms with Gasteiger partial charge in [0, 0.05) is 13.5 Å². The Labute approximate surface area is 90.0 Å². The zero-order valence-electron chi connectivity index (χ0n) is 9.46. The van der Waals surface area contributed by atoms with Gasteiger partial charge in [0.1, 0.15) is 11.5 Å². The van der Waals surface area contributed by atoms with Gasteiger partial charge in [-0.05, 0) is 19.1 Å². The minimum Gasteiger partial charge on any atom is -0.465 e. The Morgan fingerprint density at radius 1 is 1.47 bits per heavy atom. The molecule has 0 aromatic carbocycles. The van der Waals surface area contributed by atoms with Crippen molar-refractivity contribution in [1.29, 1.82) is 0 Å². The Hall–Kier alpha value is -1.29. The summed E-state index contributed by atoms with van der Waals surface area (Å²) in [4.78, 5) is 11.2. The summed E-state index contributed by atoms with van der Waals surface area (Å²) >= 11 is 0. The molecule has 0 aliphatic heterocycles. The Morgan fingerprint density at radius 2 is 2.13 bits per heavy atom. The van der Waals surface area contributed by atoms with E-state index >= 15 is 0 Å². The number of furan rings is 1. The van der Waals surface area contributed by atoms with Crippen LogP contribution in [0.1, 0.15) is 25.4 Å². The maximum absolute atomic E-state index is 11.2. The predicted molar refractivity (Wildman–Crippen MR) is 58.5 cm³/mol. The molecule has 1 aromatic heterocycles. The summed E-state index contributed by atoms with van der Waals surface area (Å²) in [7, 11) is 1.63. The van der Waals surface area contributed by atoms with Crippen LogP contribution in [-0.4, -0.2) is 19.0 Å². The fraction of sp³-hybridized carbons (Fsp3) is 0.545. The summed E-state index contributed by atoms with van der Waals surface area (Å²) < 4.78 is 5.50. The zero-order valence-corrected chi connectivity index (χ0v) is 9.46. The van der Waals surface area contributed by atoms with Gasteiger partial charge in [-0.25, -0.2) is 0 Å². The molecule has 15 heavy (non-hydrogen) atoms. The minimum atomic E-state index is -0.204. The summed E-state index contributed by atoms with van der Waals surface area (Å²) in [5.74, 6) is 1.82. The van der Waals surface area contributed by atoms with Crippen LogP contribution in [0.25, 0.3) is 0 Å². The van der Waals surface area contributed by atoms with Gasteiger partial charge in [-0.3, -0.25) is 10.1 Å². The summed E-state index contributed by atoms with van der Waals surface area (Å²) in [5.41, 5.74) is 0. The maximum Gasteiger partial charge on any atom is 0.236 e. The van der Waals surface area contributed by atoms with Crippen molar-refractivity contribution < 1.29 is 9.21 Å². The molecule has 0 aliphatic carbocycles. The van der Waals surface area contributed by atoms with Crippen LogP contribution in [-0.2, 0) is 17.8 Å².